The Bertz CT molecular complexity index is 1030. The van der Waals surface area contributed by atoms with E-state index in [0.717, 1.165) is 30.9 Å². The summed E-state index contributed by atoms with van der Waals surface area (Å²) >= 11 is 4.32. The molecule has 1 aliphatic heterocycles. The highest BCUT2D eigenvalue weighted by atomic mass is 32.1. The molecule has 0 spiro atoms. The fraction of sp³-hybridized carbons (Fsp3) is 0.487. The molecule has 0 aromatic heterocycles. The third-order valence-corrected chi connectivity index (χ3v) is 7.07. The van der Waals surface area contributed by atoms with Crippen molar-refractivity contribution in [1.29, 1.82) is 0 Å². The predicted molar refractivity (Wildman–Crippen MR) is 199 cm³/mol. The van der Waals surface area contributed by atoms with Gasteiger partial charge in [0.2, 0.25) is 0 Å². The van der Waals surface area contributed by atoms with Crippen LogP contribution in [0.15, 0.2) is 108 Å². The van der Waals surface area contributed by atoms with Crippen molar-refractivity contribution in [3.8, 4) is 0 Å². The van der Waals surface area contributed by atoms with Crippen LogP contribution in [0.5, 0.6) is 0 Å². The second kappa shape index (κ2) is 26.0. The van der Waals surface area contributed by atoms with Gasteiger partial charge in [-0.1, -0.05) is 135 Å². The molecule has 0 aliphatic carbocycles. The average molecular weight is 593 g/mol. The molecule has 236 valence electrons. The minimum Gasteiger partial charge on any atom is -0.388 e. The number of nitrogens with one attached hydrogen (secondary N) is 1. The first-order valence-electron chi connectivity index (χ1n) is 15.9. The molecule has 0 saturated heterocycles. The monoisotopic (exact) mass is 592 g/mol. The number of allylic oxidation sites excluding steroid dienone is 12. The van der Waals surface area contributed by atoms with Gasteiger partial charge in [-0.25, -0.2) is 0 Å². The largest absolute Gasteiger partial charge is 0.388 e. The Morgan fingerprint density at radius 1 is 1.05 bits per heavy atom. The molecule has 0 unspecified atom stereocenters. The highest BCUT2D eigenvalue weighted by molar-refractivity contribution is 7.80. The van der Waals surface area contributed by atoms with Gasteiger partial charge in [0, 0.05) is 37.1 Å². The van der Waals surface area contributed by atoms with Crippen LogP contribution in [0.3, 0.4) is 0 Å². The van der Waals surface area contributed by atoms with Gasteiger partial charge >= 0.3 is 0 Å². The summed E-state index contributed by atoms with van der Waals surface area (Å²) in [5.41, 5.74) is 6.51. The Kier molecular flexibility index (Phi) is 25.7. The zero-order valence-electron chi connectivity index (χ0n) is 29.2. The molecule has 2 nitrogen and oxygen atoms in total. The van der Waals surface area contributed by atoms with Gasteiger partial charge < -0.3 is 10.2 Å². The molecule has 42 heavy (non-hydrogen) atoms. The molecule has 1 N–H and O–H groups in total. The minimum atomic E-state index is 0.0118. The number of anilines is 1. The molecule has 1 heterocycles. The molecule has 0 amide bonds. The van der Waals surface area contributed by atoms with Gasteiger partial charge in [-0.3, -0.25) is 0 Å². The van der Waals surface area contributed by atoms with E-state index in [0.29, 0.717) is 0 Å². The highest BCUT2D eigenvalue weighted by Gasteiger charge is 2.33. The van der Waals surface area contributed by atoms with E-state index in [9.17, 15) is 0 Å². The number of para-hydroxylation sites is 1. The molecule has 3 heteroatoms. The van der Waals surface area contributed by atoms with Crippen molar-refractivity contribution in [1.82, 2.24) is 4.90 Å². The maximum Gasteiger partial charge on any atom is 0.0367 e. The van der Waals surface area contributed by atoms with Crippen LogP contribution in [0.1, 0.15) is 93.6 Å². The third kappa shape index (κ3) is 18.0. The molecule has 0 atom stereocenters. The SMILES string of the molecule is C/C=C\C=C/C1=CN(C)/C(=C/C=C/C=C(/C=C/CC)CCCS)C1(C)C.CC.CCC(C)C.CNc1ccccc1C. The number of nitrogens with zero attached hydrogens (tertiary/aromatic N) is 1. The summed E-state index contributed by atoms with van der Waals surface area (Å²) < 4.78 is 0. The Labute approximate surface area is 267 Å². The zero-order chi connectivity index (χ0) is 32.4. The summed E-state index contributed by atoms with van der Waals surface area (Å²) in [6.07, 6.45) is 28.4. The van der Waals surface area contributed by atoms with E-state index in [1.165, 1.54) is 34.5 Å². The second-order valence-electron chi connectivity index (χ2n) is 10.9. The molecule has 0 bridgehead atoms. The van der Waals surface area contributed by atoms with Crippen molar-refractivity contribution >= 4 is 18.3 Å². The van der Waals surface area contributed by atoms with Gasteiger partial charge in [-0.15, -0.1) is 0 Å². The van der Waals surface area contributed by atoms with Crippen LogP contribution in [0.2, 0.25) is 0 Å². The lowest BCUT2D eigenvalue weighted by atomic mass is 9.83. The summed E-state index contributed by atoms with van der Waals surface area (Å²) in [5.74, 6) is 1.81. The van der Waals surface area contributed by atoms with E-state index < -0.39 is 0 Å². The third-order valence-electron chi connectivity index (χ3n) is 6.75. The van der Waals surface area contributed by atoms with Gasteiger partial charge in [-0.2, -0.15) is 12.6 Å². The summed E-state index contributed by atoms with van der Waals surface area (Å²) in [7, 11) is 4.05. The van der Waals surface area contributed by atoms with Gasteiger partial charge in [0.25, 0.3) is 0 Å². The summed E-state index contributed by atoms with van der Waals surface area (Å²) in [5, 5.41) is 3.10. The number of rotatable bonds is 11. The minimum absolute atomic E-state index is 0.0118. The average Bonchev–Trinajstić information content (AvgIpc) is 3.20. The van der Waals surface area contributed by atoms with Crippen molar-refractivity contribution in [2.24, 2.45) is 11.3 Å². The first-order chi connectivity index (χ1) is 20.1. The zero-order valence-corrected chi connectivity index (χ0v) is 30.1. The van der Waals surface area contributed by atoms with Crippen molar-refractivity contribution in [2.45, 2.75) is 94.9 Å². The molecule has 0 fully saturated rings. The van der Waals surface area contributed by atoms with E-state index in [2.05, 4.69) is 151 Å². The van der Waals surface area contributed by atoms with Crippen LogP contribution < -0.4 is 5.32 Å². The molecule has 1 aliphatic rings. The van der Waals surface area contributed by atoms with E-state index in [-0.39, 0.29) is 5.41 Å². The Balaban J connectivity index is 0. The standard InChI is InChI=1S/C24H35NS.C8H11N.C5H12.C2H6/c1-6-8-10-17-22-20-25(5)23(24(22,3)4)18-12-11-15-21(14-9-7-2)16-13-19-26;1-7-5-3-4-6-8(7)9-2;1-4-5(2)3;1-2/h6,8-12,14-15,17-18,20,26H,7,13,16,19H2,1-5H3;3-6,9H,1-2H3;5H,4H2,1-3H3;1-2H3/b8-6-,12-11+,14-9+,17-10-,21-15-,23-18+;;;. The predicted octanol–water partition coefficient (Wildman–Crippen LogP) is 12.1. The molecule has 2 rings (SSSR count). The van der Waals surface area contributed by atoms with Gasteiger partial charge in [0.15, 0.2) is 0 Å². The fourth-order valence-electron chi connectivity index (χ4n) is 3.83. The van der Waals surface area contributed by atoms with E-state index in [1.807, 2.05) is 46.0 Å². The molecule has 0 radical (unpaired) electrons. The number of hydrogen-bond acceptors (Lipinski definition) is 3. The number of benzene rings is 1. The lowest BCUT2D eigenvalue weighted by Crippen LogP contribution is -2.18. The van der Waals surface area contributed by atoms with Crippen molar-refractivity contribution in [3.05, 3.63) is 114 Å². The number of aryl methyl sites for hydroxylation is 1. The molecule has 1 aromatic carbocycles. The lowest BCUT2D eigenvalue weighted by Gasteiger charge is -2.25. The van der Waals surface area contributed by atoms with Crippen LogP contribution in [0.25, 0.3) is 0 Å². The Morgan fingerprint density at radius 3 is 2.19 bits per heavy atom. The van der Waals surface area contributed by atoms with Crippen LogP contribution in [-0.4, -0.2) is 24.7 Å². The van der Waals surface area contributed by atoms with E-state index >= 15 is 0 Å². The van der Waals surface area contributed by atoms with Gasteiger partial charge in [0.05, 0.1) is 0 Å². The Hall–Kier alpha value is -2.65. The fourth-order valence-corrected chi connectivity index (χ4v) is 3.99. The molecule has 1 aromatic rings. The van der Waals surface area contributed by atoms with Crippen molar-refractivity contribution in [3.63, 3.8) is 0 Å². The summed E-state index contributed by atoms with van der Waals surface area (Å²) in [6.45, 7) is 21.5. The topological polar surface area (TPSA) is 15.3 Å². The smallest absolute Gasteiger partial charge is 0.0367 e. The quantitative estimate of drug-likeness (QED) is 0.196. The first-order valence-corrected chi connectivity index (χ1v) is 16.5. The van der Waals surface area contributed by atoms with Crippen LogP contribution in [0.4, 0.5) is 5.69 Å². The maximum absolute atomic E-state index is 4.32. The normalized spacial score (nSPS) is 15.6. The summed E-state index contributed by atoms with van der Waals surface area (Å²) in [4.78, 5) is 2.22. The number of thiol groups is 1. The first kappa shape index (κ1) is 41.5. The lowest BCUT2D eigenvalue weighted by molar-refractivity contribution is 0.456. The summed E-state index contributed by atoms with van der Waals surface area (Å²) in [6, 6.07) is 8.22. The molecular formula is C39H64N2S. The van der Waals surface area contributed by atoms with Gasteiger partial charge in [0.1, 0.15) is 0 Å². The van der Waals surface area contributed by atoms with Crippen molar-refractivity contribution < 1.29 is 0 Å². The van der Waals surface area contributed by atoms with Crippen LogP contribution in [-0.2, 0) is 0 Å². The van der Waals surface area contributed by atoms with E-state index in [1.54, 1.807) is 0 Å². The highest BCUT2D eigenvalue weighted by Crippen LogP contribution is 2.42. The molecular weight excluding hydrogens is 529 g/mol. The Morgan fingerprint density at radius 2 is 1.69 bits per heavy atom. The van der Waals surface area contributed by atoms with Crippen LogP contribution in [0, 0.1) is 18.3 Å². The van der Waals surface area contributed by atoms with Gasteiger partial charge in [-0.05, 0) is 73.6 Å². The second-order valence-corrected chi connectivity index (χ2v) is 11.3. The van der Waals surface area contributed by atoms with E-state index in [4.69, 9.17) is 0 Å². The molecule has 0 saturated carbocycles. The maximum atomic E-state index is 4.32. The van der Waals surface area contributed by atoms with Crippen LogP contribution >= 0.6 is 12.6 Å². The number of hydrogen-bond donors (Lipinski definition) is 2. The van der Waals surface area contributed by atoms with Crippen molar-refractivity contribution in [2.75, 3.05) is 25.2 Å².